The Morgan fingerprint density at radius 3 is 2.75 bits per heavy atom. The summed E-state index contributed by atoms with van der Waals surface area (Å²) in [4.78, 5) is 14.8. The maximum atomic E-state index is 12.6. The van der Waals surface area contributed by atoms with Gasteiger partial charge in [0.15, 0.2) is 0 Å². The monoisotopic (exact) mass is 341 g/mol. The molecule has 1 aromatic rings. The summed E-state index contributed by atoms with van der Waals surface area (Å²) in [6.07, 6.45) is -1.30. The molecule has 0 aliphatic carbocycles. The van der Waals surface area contributed by atoms with Crippen LogP contribution in [0.1, 0.15) is 23.2 Å². The quantitative estimate of drug-likeness (QED) is 0.627. The highest BCUT2D eigenvalue weighted by molar-refractivity contribution is 14.1. The number of aromatic nitrogens is 1. The fourth-order valence-electron chi connectivity index (χ4n) is 1.21. The Bertz CT molecular complexity index is 410. The molecular weight excluding hydrogens is 331 g/mol. The third kappa shape index (κ3) is 2.87. The average Bonchev–Trinajstić information content (AvgIpc) is 2.23. The van der Waals surface area contributed by atoms with E-state index in [9.17, 15) is 13.6 Å². The summed E-state index contributed by atoms with van der Waals surface area (Å²) in [5, 5.41) is 0. The van der Waals surface area contributed by atoms with Gasteiger partial charge in [-0.2, -0.15) is 0 Å². The Labute approximate surface area is 105 Å². The summed E-state index contributed by atoms with van der Waals surface area (Å²) >= 11 is 1.78. The van der Waals surface area contributed by atoms with E-state index in [4.69, 9.17) is 0 Å². The first-order valence-corrected chi connectivity index (χ1v) is 5.54. The van der Waals surface area contributed by atoms with Crippen molar-refractivity contribution < 1.29 is 18.3 Å². The van der Waals surface area contributed by atoms with Gasteiger partial charge in [0.2, 0.25) is 0 Å². The Balaban J connectivity index is 3.16. The van der Waals surface area contributed by atoms with Gasteiger partial charge in [-0.3, -0.25) is 9.78 Å². The minimum absolute atomic E-state index is 0.0111. The first-order valence-electron chi connectivity index (χ1n) is 4.46. The molecule has 0 bridgehead atoms. The number of carbonyl (C=O) groups excluding carboxylic acids is 1. The van der Waals surface area contributed by atoms with Crippen LogP contribution in [0, 0.1) is 10.5 Å². The van der Waals surface area contributed by atoms with Crippen LogP contribution in [0.3, 0.4) is 0 Å². The summed E-state index contributed by atoms with van der Waals surface area (Å²) in [5.74, 6) is -0.451. The predicted octanol–water partition coefficient (Wildman–Crippen LogP) is 2.65. The van der Waals surface area contributed by atoms with Gasteiger partial charge in [-0.15, -0.1) is 0 Å². The van der Waals surface area contributed by atoms with Crippen LogP contribution in [0.5, 0.6) is 0 Å². The minimum atomic E-state index is -2.64. The average molecular weight is 341 g/mol. The van der Waals surface area contributed by atoms with Crippen LogP contribution in [0.2, 0.25) is 0 Å². The molecule has 1 aromatic heterocycles. The second kappa shape index (κ2) is 5.51. The van der Waals surface area contributed by atoms with Crippen molar-refractivity contribution in [3.05, 3.63) is 26.6 Å². The molecule has 0 amide bonds. The zero-order chi connectivity index (χ0) is 12.3. The van der Waals surface area contributed by atoms with Crippen molar-refractivity contribution in [3.63, 3.8) is 0 Å². The Hall–Kier alpha value is -0.790. The topological polar surface area (TPSA) is 39.2 Å². The zero-order valence-corrected chi connectivity index (χ0v) is 10.9. The van der Waals surface area contributed by atoms with Gasteiger partial charge in [0.25, 0.3) is 6.43 Å². The Morgan fingerprint density at radius 2 is 2.25 bits per heavy atom. The molecule has 1 rings (SSSR count). The van der Waals surface area contributed by atoms with E-state index in [1.54, 1.807) is 29.5 Å². The molecule has 0 aromatic carbocycles. The molecule has 0 radical (unpaired) electrons. The highest BCUT2D eigenvalue weighted by Gasteiger charge is 2.19. The highest BCUT2D eigenvalue weighted by Crippen LogP contribution is 2.27. The second-order valence-electron chi connectivity index (χ2n) is 3.17. The van der Waals surface area contributed by atoms with Crippen molar-refractivity contribution in [3.8, 4) is 0 Å². The van der Waals surface area contributed by atoms with Crippen molar-refractivity contribution in [1.82, 2.24) is 4.98 Å². The molecule has 0 spiro atoms. The van der Waals surface area contributed by atoms with Gasteiger partial charge in [0.1, 0.15) is 5.69 Å². The number of pyridine rings is 1. The largest absolute Gasteiger partial charge is 0.469 e. The molecule has 3 nitrogen and oxygen atoms in total. The predicted molar refractivity (Wildman–Crippen MR) is 62.4 cm³/mol. The van der Waals surface area contributed by atoms with E-state index in [0.717, 1.165) is 0 Å². The first-order chi connectivity index (χ1) is 7.47. The van der Waals surface area contributed by atoms with E-state index >= 15 is 0 Å². The fourth-order valence-corrected chi connectivity index (χ4v) is 2.21. The van der Waals surface area contributed by atoms with E-state index in [1.807, 2.05) is 0 Å². The standard InChI is InChI=1S/C10H10F2INO2/c1-5-4-14-9(10(11)12)8(13)6(5)3-7(15)16-2/h4,10H,3H2,1-2H3. The number of aryl methyl sites for hydroxylation is 1. The van der Waals surface area contributed by atoms with E-state index < -0.39 is 12.4 Å². The van der Waals surface area contributed by atoms with Gasteiger partial charge in [0, 0.05) is 9.77 Å². The number of halogens is 3. The molecule has 88 valence electrons. The molecule has 0 aliphatic heterocycles. The SMILES string of the molecule is COC(=O)Cc1c(C)cnc(C(F)F)c1I. The summed E-state index contributed by atoms with van der Waals surface area (Å²) in [6.45, 7) is 1.72. The maximum absolute atomic E-state index is 12.6. The molecule has 0 saturated carbocycles. The zero-order valence-electron chi connectivity index (χ0n) is 8.76. The molecular formula is C10H10F2INO2. The number of ether oxygens (including phenoxy) is 1. The van der Waals surface area contributed by atoms with E-state index in [-0.39, 0.29) is 12.1 Å². The number of hydrogen-bond donors (Lipinski definition) is 0. The lowest BCUT2D eigenvalue weighted by Crippen LogP contribution is -2.10. The molecule has 0 saturated heterocycles. The van der Waals surface area contributed by atoms with Gasteiger partial charge in [-0.1, -0.05) is 0 Å². The third-order valence-electron chi connectivity index (χ3n) is 2.12. The lowest BCUT2D eigenvalue weighted by atomic mass is 10.1. The normalized spacial score (nSPS) is 10.6. The molecule has 0 atom stereocenters. The van der Waals surface area contributed by atoms with Crippen LogP contribution in [-0.2, 0) is 16.0 Å². The molecule has 0 aliphatic rings. The van der Waals surface area contributed by atoms with Gasteiger partial charge in [-0.05, 0) is 40.6 Å². The first kappa shape index (κ1) is 13.3. The molecule has 16 heavy (non-hydrogen) atoms. The van der Waals surface area contributed by atoms with Crippen molar-refractivity contribution in [1.29, 1.82) is 0 Å². The van der Waals surface area contributed by atoms with Crippen LogP contribution >= 0.6 is 22.6 Å². The van der Waals surface area contributed by atoms with Crippen LogP contribution in [0.15, 0.2) is 6.20 Å². The Kier molecular flexibility index (Phi) is 4.57. The van der Waals surface area contributed by atoms with Crippen molar-refractivity contribution in [2.45, 2.75) is 19.8 Å². The van der Waals surface area contributed by atoms with Crippen LogP contribution < -0.4 is 0 Å². The van der Waals surface area contributed by atoms with Crippen molar-refractivity contribution in [2.75, 3.05) is 7.11 Å². The molecule has 6 heteroatoms. The Morgan fingerprint density at radius 1 is 1.62 bits per heavy atom. The number of alkyl halides is 2. The minimum Gasteiger partial charge on any atom is -0.469 e. The third-order valence-corrected chi connectivity index (χ3v) is 3.32. The van der Waals surface area contributed by atoms with Crippen LogP contribution in [0.4, 0.5) is 8.78 Å². The number of methoxy groups -OCH3 is 1. The molecule has 0 unspecified atom stereocenters. The van der Waals surface area contributed by atoms with E-state index in [1.165, 1.54) is 13.3 Å². The molecule has 0 fully saturated rings. The molecule has 1 heterocycles. The number of nitrogens with zero attached hydrogens (tertiary/aromatic N) is 1. The van der Waals surface area contributed by atoms with Crippen molar-refractivity contribution >= 4 is 28.6 Å². The number of rotatable bonds is 3. The summed E-state index contributed by atoms with van der Waals surface area (Å²) in [6, 6.07) is 0. The van der Waals surface area contributed by atoms with E-state index in [0.29, 0.717) is 14.7 Å². The summed E-state index contributed by atoms with van der Waals surface area (Å²) < 4.78 is 30.0. The smallest absolute Gasteiger partial charge is 0.310 e. The van der Waals surface area contributed by atoms with Gasteiger partial charge in [-0.25, -0.2) is 8.78 Å². The maximum Gasteiger partial charge on any atom is 0.310 e. The number of carbonyl (C=O) groups is 1. The van der Waals surface area contributed by atoms with Gasteiger partial charge in [0.05, 0.1) is 13.5 Å². The number of esters is 1. The van der Waals surface area contributed by atoms with Gasteiger partial charge < -0.3 is 4.74 Å². The summed E-state index contributed by atoms with van der Waals surface area (Å²) in [7, 11) is 1.26. The van der Waals surface area contributed by atoms with Crippen LogP contribution in [0.25, 0.3) is 0 Å². The molecule has 0 N–H and O–H groups in total. The number of hydrogen-bond acceptors (Lipinski definition) is 3. The summed E-state index contributed by atoms with van der Waals surface area (Å²) in [5.41, 5.74) is 0.974. The van der Waals surface area contributed by atoms with Crippen LogP contribution in [-0.4, -0.2) is 18.1 Å². The van der Waals surface area contributed by atoms with Crippen molar-refractivity contribution in [2.24, 2.45) is 0 Å². The second-order valence-corrected chi connectivity index (χ2v) is 4.25. The van der Waals surface area contributed by atoms with Gasteiger partial charge >= 0.3 is 5.97 Å². The lowest BCUT2D eigenvalue weighted by Gasteiger charge is -2.10. The highest BCUT2D eigenvalue weighted by atomic mass is 127. The van der Waals surface area contributed by atoms with E-state index in [2.05, 4.69) is 9.72 Å². The fraction of sp³-hybridized carbons (Fsp3) is 0.400. The lowest BCUT2D eigenvalue weighted by molar-refractivity contribution is -0.139.